The molecule has 0 unspecified atom stereocenters. The molecule has 0 radical (unpaired) electrons. The Morgan fingerprint density at radius 1 is 0.571 bits per heavy atom. The Balaban J connectivity index is 1.71. The van der Waals surface area contributed by atoms with Crippen molar-refractivity contribution in [3.8, 4) is 0 Å². The number of halogens is 4. The lowest BCUT2D eigenvalue weighted by molar-refractivity contribution is 0.468. The predicted molar refractivity (Wildman–Crippen MR) is 61.3 cm³/mol. The molecule has 0 aromatic rings. The molecule has 0 nitrogen and oxygen atoms in total. The normalized spacial score (nSPS) is 52.3. The monoisotopic (exact) mass is 272 g/mol. The molecule has 3 saturated carbocycles. The zero-order valence-corrected chi connectivity index (χ0v) is 10.7. The molecule has 3 aliphatic rings. The standard InChI is InChI=1S/C10H12Cl4/c11-9(12)5-1-2-6-8(10(6,13)14)4-3-7(5)9/h5-8H,1-4H2/t5-,6-,7-,8+/m0/s1. The Kier molecular flexibility index (Phi) is 2.13. The largest absolute Gasteiger partial charge is 0.124 e. The van der Waals surface area contributed by atoms with Crippen molar-refractivity contribution in [2.45, 2.75) is 34.3 Å². The van der Waals surface area contributed by atoms with E-state index in [-0.39, 0.29) is 0 Å². The molecule has 0 saturated heterocycles. The summed E-state index contributed by atoms with van der Waals surface area (Å²) in [7, 11) is 0. The van der Waals surface area contributed by atoms with Crippen LogP contribution in [0.25, 0.3) is 0 Å². The second-order valence-corrected chi connectivity index (χ2v) is 7.82. The first-order valence-corrected chi connectivity index (χ1v) is 6.72. The second-order valence-electron chi connectivity index (χ2n) is 4.93. The third-order valence-electron chi connectivity index (χ3n) is 4.31. The number of fused-ring (bicyclic) bond motifs is 2. The van der Waals surface area contributed by atoms with Gasteiger partial charge in [-0.1, -0.05) is 0 Å². The maximum absolute atomic E-state index is 6.19. The molecular formula is C10H12Cl4. The van der Waals surface area contributed by atoms with E-state index in [4.69, 9.17) is 46.4 Å². The molecule has 0 heterocycles. The van der Waals surface area contributed by atoms with E-state index >= 15 is 0 Å². The van der Waals surface area contributed by atoms with Gasteiger partial charge in [0.15, 0.2) is 0 Å². The Bertz CT molecular complexity index is 221. The van der Waals surface area contributed by atoms with Gasteiger partial charge in [-0.2, -0.15) is 0 Å². The smallest absolute Gasteiger partial charge is 0.101 e. The number of rotatable bonds is 0. The minimum atomic E-state index is -0.432. The first-order chi connectivity index (χ1) is 6.45. The van der Waals surface area contributed by atoms with Gasteiger partial charge in [0.1, 0.15) is 8.67 Å². The number of alkyl halides is 4. The third kappa shape index (κ3) is 1.27. The first kappa shape index (κ1) is 10.3. The molecule has 0 bridgehead atoms. The van der Waals surface area contributed by atoms with Crippen LogP contribution in [0.15, 0.2) is 0 Å². The van der Waals surface area contributed by atoms with Crippen molar-refractivity contribution >= 4 is 46.4 Å². The topological polar surface area (TPSA) is 0 Å². The van der Waals surface area contributed by atoms with Gasteiger partial charge in [-0.05, 0) is 49.4 Å². The predicted octanol–water partition coefficient (Wildman–Crippen LogP) is 4.40. The van der Waals surface area contributed by atoms with Gasteiger partial charge in [-0.25, -0.2) is 0 Å². The molecule has 3 aliphatic carbocycles. The van der Waals surface area contributed by atoms with Crippen LogP contribution in [0.1, 0.15) is 25.7 Å². The van der Waals surface area contributed by atoms with Crippen molar-refractivity contribution in [2.75, 3.05) is 0 Å². The Hall–Kier alpha value is 1.16. The van der Waals surface area contributed by atoms with Crippen molar-refractivity contribution < 1.29 is 0 Å². The summed E-state index contributed by atoms with van der Waals surface area (Å²) in [4.78, 5) is 0. The van der Waals surface area contributed by atoms with Crippen LogP contribution < -0.4 is 0 Å². The minimum Gasteiger partial charge on any atom is -0.101 e. The molecule has 0 aromatic heterocycles. The summed E-state index contributed by atoms with van der Waals surface area (Å²) in [5, 5.41) is 0. The molecular weight excluding hydrogens is 262 g/mol. The maximum Gasteiger partial charge on any atom is 0.124 e. The Morgan fingerprint density at radius 3 is 1.00 bits per heavy atom. The molecule has 0 amide bonds. The van der Waals surface area contributed by atoms with Crippen LogP contribution in [0, 0.1) is 23.7 Å². The number of hydrogen-bond acceptors (Lipinski definition) is 0. The van der Waals surface area contributed by atoms with Gasteiger partial charge < -0.3 is 0 Å². The minimum absolute atomic E-state index is 0.432. The van der Waals surface area contributed by atoms with Gasteiger partial charge in [0.2, 0.25) is 0 Å². The number of hydrogen-bond donors (Lipinski definition) is 0. The molecule has 3 rings (SSSR count). The summed E-state index contributed by atoms with van der Waals surface area (Å²) in [6.07, 6.45) is 4.39. The molecule has 4 heteroatoms. The van der Waals surface area contributed by atoms with Crippen molar-refractivity contribution in [2.24, 2.45) is 23.7 Å². The fourth-order valence-electron chi connectivity index (χ4n) is 3.21. The Morgan fingerprint density at radius 2 is 0.786 bits per heavy atom. The summed E-state index contributed by atoms with van der Waals surface area (Å²) in [6, 6.07) is 0. The molecule has 3 fully saturated rings. The first-order valence-electron chi connectivity index (χ1n) is 5.21. The molecule has 0 N–H and O–H groups in total. The van der Waals surface area contributed by atoms with E-state index in [9.17, 15) is 0 Å². The molecule has 80 valence electrons. The zero-order chi connectivity index (χ0) is 10.1. The Labute approximate surface area is 104 Å². The van der Waals surface area contributed by atoms with Gasteiger partial charge in [0, 0.05) is 0 Å². The van der Waals surface area contributed by atoms with E-state index in [0.717, 1.165) is 25.7 Å². The average molecular weight is 274 g/mol. The van der Waals surface area contributed by atoms with E-state index in [1.165, 1.54) is 0 Å². The third-order valence-corrected chi connectivity index (χ3v) is 6.55. The summed E-state index contributed by atoms with van der Waals surface area (Å²) in [5.41, 5.74) is 0. The van der Waals surface area contributed by atoms with Crippen LogP contribution in [0.3, 0.4) is 0 Å². The van der Waals surface area contributed by atoms with Crippen LogP contribution in [-0.4, -0.2) is 8.67 Å². The lowest BCUT2D eigenvalue weighted by Crippen LogP contribution is -1.95. The lowest BCUT2D eigenvalue weighted by atomic mass is 10.0. The average Bonchev–Trinajstić information content (AvgIpc) is 2.67. The van der Waals surface area contributed by atoms with Crippen molar-refractivity contribution in [1.29, 1.82) is 0 Å². The lowest BCUT2D eigenvalue weighted by Gasteiger charge is -2.02. The van der Waals surface area contributed by atoms with E-state index in [0.29, 0.717) is 23.7 Å². The quantitative estimate of drug-likeness (QED) is 0.574. The molecule has 14 heavy (non-hydrogen) atoms. The summed E-state index contributed by atoms with van der Waals surface area (Å²) < 4.78 is -0.865. The van der Waals surface area contributed by atoms with Crippen LogP contribution in [0.2, 0.25) is 0 Å². The molecule has 0 spiro atoms. The fraction of sp³-hybridized carbons (Fsp3) is 1.00. The fourth-order valence-corrected chi connectivity index (χ4v) is 5.05. The molecule has 0 aromatic carbocycles. The molecule has 4 atom stereocenters. The van der Waals surface area contributed by atoms with Gasteiger partial charge in [-0.15, -0.1) is 46.4 Å². The van der Waals surface area contributed by atoms with E-state index in [2.05, 4.69) is 0 Å². The SMILES string of the molecule is ClC1(Cl)[C@@H]2CC[C@H]3[C@H](CC[C@@H]21)C3(Cl)Cl. The zero-order valence-electron chi connectivity index (χ0n) is 7.65. The molecule has 0 aliphatic heterocycles. The van der Waals surface area contributed by atoms with Crippen molar-refractivity contribution in [3.05, 3.63) is 0 Å². The van der Waals surface area contributed by atoms with Crippen LogP contribution in [0.4, 0.5) is 0 Å². The van der Waals surface area contributed by atoms with Crippen LogP contribution in [-0.2, 0) is 0 Å². The van der Waals surface area contributed by atoms with E-state index in [1.54, 1.807) is 0 Å². The van der Waals surface area contributed by atoms with Gasteiger partial charge in [0.05, 0.1) is 0 Å². The highest BCUT2D eigenvalue weighted by molar-refractivity contribution is 6.52. The van der Waals surface area contributed by atoms with Crippen molar-refractivity contribution in [1.82, 2.24) is 0 Å². The van der Waals surface area contributed by atoms with Crippen LogP contribution in [0.5, 0.6) is 0 Å². The van der Waals surface area contributed by atoms with Crippen LogP contribution >= 0.6 is 46.4 Å². The van der Waals surface area contributed by atoms with E-state index < -0.39 is 8.67 Å². The van der Waals surface area contributed by atoms with Gasteiger partial charge in [0.25, 0.3) is 0 Å². The second kappa shape index (κ2) is 2.88. The summed E-state index contributed by atoms with van der Waals surface area (Å²) >= 11 is 24.8. The van der Waals surface area contributed by atoms with Gasteiger partial charge >= 0.3 is 0 Å². The van der Waals surface area contributed by atoms with E-state index in [1.807, 2.05) is 0 Å². The van der Waals surface area contributed by atoms with Gasteiger partial charge in [-0.3, -0.25) is 0 Å². The summed E-state index contributed by atoms with van der Waals surface area (Å²) in [6.45, 7) is 0. The highest BCUT2D eigenvalue weighted by Crippen LogP contribution is 2.70. The maximum atomic E-state index is 6.19. The van der Waals surface area contributed by atoms with Crippen molar-refractivity contribution in [3.63, 3.8) is 0 Å². The highest BCUT2D eigenvalue weighted by Gasteiger charge is 2.68. The summed E-state index contributed by atoms with van der Waals surface area (Å²) in [5.74, 6) is 1.99. The highest BCUT2D eigenvalue weighted by atomic mass is 35.5.